The van der Waals surface area contributed by atoms with Crippen LogP contribution in [-0.2, 0) is 0 Å². The van der Waals surface area contributed by atoms with E-state index < -0.39 is 0 Å². The zero-order chi connectivity index (χ0) is 13.9. The van der Waals surface area contributed by atoms with Crippen LogP contribution in [0.4, 0.5) is 5.95 Å². The first-order valence-corrected chi connectivity index (χ1v) is 7.32. The van der Waals surface area contributed by atoms with Gasteiger partial charge in [0.1, 0.15) is 5.75 Å². The van der Waals surface area contributed by atoms with Gasteiger partial charge in [-0.3, -0.25) is 4.57 Å². The van der Waals surface area contributed by atoms with Crippen molar-refractivity contribution < 1.29 is 4.74 Å². The highest BCUT2D eigenvalue weighted by Crippen LogP contribution is 2.26. The summed E-state index contributed by atoms with van der Waals surface area (Å²) in [6.07, 6.45) is 5.58. The molecule has 1 aromatic heterocycles. The van der Waals surface area contributed by atoms with Crippen LogP contribution in [0, 0.1) is 6.92 Å². The SMILES string of the molecule is CCCOc1ccc(-n2cc(C)nc2NC2CC2)cc1. The van der Waals surface area contributed by atoms with Gasteiger partial charge in [-0.15, -0.1) is 0 Å². The van der Waals surface area contributed by atoms with Crippen LogP contribution >= 0.6 is 0 Å². The van der Waals surface area contributed by atoms with E-state index in [0.29, 0.717) is 6.04 Å². The van der Waals surface area contributed by atoms with E-state index in [-0.39, 0.29) is 0 Å². The summed E-state index contributed by atoms with van der Waals surface area (Å²) in [6.45, 7) is 4.89. The second-order valence-electron chi connectivity index (χ2n) is 5.34. The Hall–Kier alpha value is -1.97. The van der Waals surface area contributed by atoms with E-state index in [9.17, 15) is 0 Å². The fraction of sp³-hybridized carbons (Fsp3) is 0.438. The number of aromatic nitrogens is 2. The maximum Gasteiger partial charge on any atom is 0.207 e. The Labute approximate surface area is 119 Å². The van der Waals surface area contributed by atoms with E-state index in [1.54, 1.807) is 0 Å². The molecule has 1 fully saturated rings. The molecule has 0 amide bonds. The van der Waals surface area contributed by atoms with Crippen molar-refractivity contribution in [3.63, 3.8) is 0 Å². The summed E-state index contributed by atoms with van der Waals surface area (Å²) >= 11 is 0. The van der Waals surface area contributed by atoms with Crippen LogP contribution in [0.15, 0.2) is 30.5 Å². The van der Waals surface area contributed by atoms with E-state index in [2.05, 4.69) is 40.1 Å². The van der Waals surface area contributed by atoms with Crippen molar-refractivity contribution in [3.05, 3.63) is 36.2 Å². The third kappa shape index (κ3) is 2.95. The van der Waals surface area contributed by atoms with E-state index in [0.717, 1.165) is 36.1 Å². The van der Waals surface area contributed by atoms with E-state index in [1.165, 1.54) is 12.8 Å². The topological polar surface area (TPSA) is 39.1 Å². The molecule has 0 spiro atoms. The second kappa shape index (κ2) is 5.57. The van der Waals surface area contributed by atoms with Crippen LogP contribution in [0.25, 0.3) is 5.69 Å². The number of nitrogens with zero attached hydrogens (tertiary/aromatic N) is 2. The van der Waals surface area contributed by atoms with Crippen LogP contribution in [0.1, 0.15) is 31.9 Å². The first-order valence-electron chi connectivity index (χ1n) is 7.32. The van der Waals surface area contributed by atoms with Gasteiger partial charge in [-0.2, -0.15) is 0 Å². The molecule has 1 aliphatic rings. The van der Waals surface area contributed by atoms with E-state index >= 15 is 0 Å². The van der Waals surface area contributed by atoms with Gasteiger partial charge in [-0.25, -0.2) is 4.98 Å². The highest BCUT2D eigenvalue weighted by Gasteiger charge is 2.23. The minimum atomic E-state index is 0.600. The molecule has 0 radical (unpaired) electrons. The summed E-state index contributed by atoms with van der Waals surface area (Å²) < 4.78 is 7.72. The van der Waals surface area contributed by atoms with Crippen molar-refractivity contribution in [1.82, 2.24) is 9.55 Å². The molecule has 1 aliphatic carbocycles. The number of aryl methyl sites for hydroxylation is 1. The Balaban J connectivity index is 1.80. The van der Waals surface area contributed by atoms with Crippen LogP contribution in [0.2, 0.25) is 0 Å². The maximum absolute atomic E-state index is 5.62. The molecule has 0 saturated heterocycles. The Morgan fingerprint density at radius 2 is 2.05 bits per heavy atom. The normalized spacial score (nSPS) is 14.3. The van der Waals surface area contributed by atoms with Crippen molar-refractivity contribution in [2.75, 3.05) is 11.9 Å². The maximum atomic E-state index is 5.62. The molecule has 0 atom stereocenters. The van der Waals surface area contributed by atoms with Crippen molar-refractivity contribution >= 4 is 5.95 Å². The summed E-state index contributed by atoms with van der Waals surface area (Å²) in [5.41, 5.74) is 2.14. The van der Waals surface area contributed by atoms with Crippen molar-refractivity contribution in [3.8, 4) is 11.4 Å². The van der Waals surface area contributed by atoms with Gasteiger partial charge in [0.15, 0.2) is 0 Å². The van der Waals surface area contributed by atoms with Crippen LogP contribution in [-0.4, -0.2) is 22.2 Å². The number of nitrogens with one attached hydrogen (secondary N) is 1. The molecule has 1 N–H and O–H groups in total. The van der Waals surface area contributed by atoms with Gasteiger partial charge in [0.05, 0.1) is 12.3 Å². The minimum Gasteiger partial charge on any atom is -0.494 e. The van der Waals surface area contributed by atoms with Crippen LogP contribution in [0.5, 0.6) is 5.75 Å². The molecule has 3 rings (SSSR count). The average Bonchev–Trinajstić information content (AvgIpc) is 3.19. The number of benzene rings is 1. The van der Waals surface area contributed by atoms with Gasteiger partial charge in [0.25, 0.3) is 0 Å². The molecule has 20 heavy (non-hydrogen) atoms. The Morgan fingerprint density at radius 3 is 2.70 bits per heavy atom. The highest BCUT2D eigenvalue weighted by atomic mass is 16.5. The van der Waals surface area contributed by atoms with Gasteiger partial charge in [0, 0.05) is 17.9 Å². The monoisotopic (exact) mass is 271 g/mol. The Kier molecular flexibility index (Phi) is 3.63. The third-order valence-corrected chi connectivity index (χ3v) is 3.32. The predicted molar refractivity (Wildman–Crippen MR) is 80.7 cm³/mol. The van der Waals surface area contributed by atoms with Gasteiger partial charge in [-0.1, -0.05) is 6.92 Å². The quantitative estimate of drug-likeness (QED) is 0.873. The molecule has 106 valence electrons. The number of rotatable bonds is 6. The summed E-state index contributed by atoms with van der Waals surface area (Å²) in [5.74, 6) is 1.86. The lowest BCUT2D eigenvalue weighted by molar-refractivity contribution is 0.317. The van der Waals surface area contributed by atoms with Crippen LogP contribution in [0.3, 0.4) is 0 Å². The zero-order valence-electron chi connectivity index (χ0n) is 12.1. The van der Waals surface area contributed by atoms with E-state index in [1.807, 2.05) is 19.1 Å². The molecule has 0 unspecified atom stereocenters. The number of hydrogen-bond donors (Lipinski definition) is 1. The molecular weight excluding hydrogens is 250 g/mol. The summed E-state index contributed by atoms with van der Waals surface area (Å²) in [4.78, 5) is 4.56. The fourth-order valence-electron chi connectivity index (χ4n) is 2.13. The second-order valence-corrected chi connectivity index (χ2v) is 5.34. The van der Waals surface area contributed by atoms with Crippen molar-refractivity contribution in [2.45, 2.75) is 39.2 Å². The lowest BCUT2D eigenvalue weighted by Crippen LogP contribution is -2.07. The Morgan fingerprint density at radius 1 is 1.30 bits per heavy atom. The molecule has 2 aromatic rings. The Bertz CT molecular complexity index is 570. The lowest BCUT2D eigenvalue weighted by Gasteiger charge is -2.10. The smallest absolute Gasteiger partial charge is 0.207 e. The predicted octanol–water partition coefficient (Wildman–Crippen LogP) is 3.54. The third-order valence-electron chi connectivity index (χ3n) is 3.32. The average molecular weight is 271 g/mol. The molecule has 0 aliphatic heterocycles. The molecule has 1 saturated carbocycles. The van der Waals surface area contributed by atoms with E-state index in [4.69, 9.17) is 4.74 Å². The summed E-state index contributed by atoms with van der Waals surface area (Å²) in [5, 5.41) is 3.47. The molecule has 1 aromatic carbocycles. The van der Waals surface area contributed by atoms with Gasteiger partial charge in [-0.05, 0) is 50.5 Å². The van der Waals surface area contributed by atoms with Crippen molar-refractivity contribution in [1.29, 1.82) is 0 Å². The number of hydrogen-bond acceptors (Lipinski definition) is 3. The zero-order valence-corrected chi connectivity index (χ0v) is 12.1. The highest BCUT2D eigenvalue weighted by molar-refractivity contribution is 5.46. The molecule has 0 bridgehead atoms. The van der Waals surface area contributed by atoms with Gasteiger partial charge < -0.3 is 10.1 Å². The summed E-state index contributed by atoms with van der Waals surface area (Å²) in [7, 11) is 0. The number of anilines is 1. The molecular formula is C16H21N3O. The molecule has 4 heteroatoms. The van der Waals surface area contributed by atoms with Gasteiger partial charge in [0.2, 0.25) is 5.95 Å². The first kappa shape index (κ1) is 13.0. The molecule has 4 nitrogen and oxygen atoms in total. The summed E-state index contributed by atoms with van der Waals surface area (Å²) in [6, 6.07) is 8.78. The van der Waals surface area contributed by atoms with Crippen LogP contribution < -0.4 is 10.1 Å². The lowest BCUT2D eigenvalue weighted by atomic mass is 10.3. The van der Waals surface area contributed by atoms with Gasteiger partial charge >= 0.3 is 0 Å². The number of imidazole rings is 1. The first-order chi connectivity index (χ1) is 9.76. The number of ether oxygens (including phenoxy) is 1. The molecule has 1 heterocycles. The fourth-order valence-corrected chi connectivity index (χ4v) is 2.13. The standard InChI is InChI=1S/C16H21N3O/c1-3-10-20-15-8-6-14(7-9-15)19-11-12(2)17-16(19)18-13-4-5-13/h6-9,11,13H,3-5,10H2,1-2H3,(H,17,18). The van der Waals surface area contributed by atoms with Crippen molar-refractivity contribution in [2.24, 2.45) is 0 Å². The minimum absolute atomic E-state index is 0.600. The largest absolute Gasteiger partial charge is 0.494 e.